The van der Waals surface area contributed by atoms with Crippen LogP contribution in [0.1, 0.15) is 0 Å². The molecule has 0 unspecified atom stereocenters. The number of aromatic nitrogens is 2. The molecule has 0 bridgehead atoms. The molecule has 0 saturated heterocycles. The molecule has 3 aromatic rings. The fourth-order valence-electron chi connectivity index (χ4n) is 2.59. The number of carbonyl (C=O) groups excluding carboxylic acids is 1. The van der Waals surface area contributed by atoms with E-state index in [1.807, 2.05) is 0 Å². The number of rotatable bonds is 8. The average molecular weight is 417 g/mol. The Balaban J connectivity index is 1.71. The number of thioether (sulfide) groups is 1. The van der Waals surface area contributed by atoms with E-state index in [2.05, 4.69) is 21.6 Å². The van der Waals surface area contributed by atoms with E-state index in [9.17, 15) is 18.4 Å². The number of halogens is 2. The molecule has 6 nitrogen and oxygen atoms in total. The molecule has 1 aromatic heterocycles. The average Bonchev–Trinajstić information content (AvgIpc) is 2.70. The SMILES string of the molecule is C=CCn1c(SCC(=O)Nc2ccc(OC(F)F)cc2)nc2ccccc2c1=O. The van der Waals surface area contributed by atoms with Gasteiger partial charge in [0.05, 0.1) is 16.7 Å². The van der Waals surface area contributed by atoms with Crippen LogP contribution < -0.4 is 15.6 Å². The number of anilines is 1. The summed E-state index contributed by atoms with van der Waals surface area (Å²) in [5, 5.41) is 3.56. The minimum Gasteiger partial charge on any atom is -0.435 e. The van der Waals surface area contributed by atoms with E-state index in [-0.39, 0.29) is 29.5 Å². The molecule has 0 atom stereocenters. The van der Waals surface area contributed by atoms with Crippen LogP contribution in [-0.4, -0.2) is 27.8 Å². The van der Waals surface area contributed by atoms with Crippen LogP contribution >= 0.6 is 11.8 Å². The molecule has 1 heterocycles. The zero-order valence-corrected chi connectivity index (χ0v) is 16.0. The van der Waals surface area contributed by atoms with Crippen molar-refractivity contribution in [2.24, 2.45) is 0 Å². The Labute approximate surface area is 169 Å². The van der Waals surface area contributed by atoms with E-state index in [0.29, 0.717) is 21.7 Å². The molecule has 150 valence electrons. The molecule has 1 amide bonds. The summed E-state index contributed by atoms with van der Waals surface area (Å²) in [5.41, 5.74) is 0.788. The van der Waals surface area contributed by atoms with Crippen molar-refractivity contribution in [2.45, 2.75) is 18.3 Å². The molecule has 2 aromatic carbocycles. The molecule has 0 fully saturated rings. The number of carbonyl (C=O) groups is 1. The first-order valence-corrected chi connectivity index (χ1v) is 9.54. The molecular weight excluding hydrogens is 400 g/mol. The molecule has 0 aliphatic rings. The first-order chi connectivity index (χ1) is 14.0. The number of nitrogens with zero attached hydrogens (tertiary/aromatic N) is 2. The Morgan fingerprint density at radius 1 is 1.24 bits per heavy atom. The molecule has 0 saturated carbocycles. The number of fused-ring (bicyclic) bond motifs is 1. The minimum atomic E-state index is -2.91. The van der Waals surface area contributed by atoms with Crippen LogP contribution in [0.4, 0.5) is 14.5 Å². The number of hydrogen-bond donors (Lipinski definition) is 1. The summed E-state index contributed by atoms with van der Waals surface area (Å²) in [5.74, 6) is -0.316. The lowest BCUT2D eigenvalue weighted by Gasteiger charge is -2.11. The summed E-state index contributed by atoms with van der Waals surface area (Å²) in [6.45, 7) is 1.02. The third kappa shape index (κ3) is 5.20. The third-order valence-corrected chi connectivity index (χ3v) is 4.81. The van der Waals surface area contributed by atoms with E-state index in [1.54, 1.807) is 30.3 Å². The van der Waals surface area contributed by atoms with Gasteiger partial charge in [-0.05, 0) is 36.4 Å². The van der Waals surface area contributed by atoms with Crippen molar-refractivity contribution < 1.29 is 18.3 Å². The van der Waals surface area contributed by atoms with Crippen molar-refractivity contribution in [3.05, 3.63) is 71.5 Å². The maximum Gasteiger partial charge on any atom is 0.387 e. The number of amides is 1. The molecule has 3 rings (SSSR count). The summed E-state index contributed by atoms with van der Waals surface area (Å²) in [4.78, 5) is 29.4. The number of hydrogen-bond acceptors (Lipinski definition) is 5. The smallest absolute Gasteiger partial charge is 0.387 e. The summed E-state index contributed by atoms with van der Waals surface area (Å²) >= 11 is 1.12. The fraction of sp³-hybridized carbons (Fsp3) is 0.150. The third-order valence-electron chi connectivity index (χ3n) is 3.83. The quantitative estimate of drug-likeness (QED) is 0.342. The van der Waals surface area contributed by atoms with Crippen molar-refractivity contribution in [1.29, 1.82) is 0 Å². The molecule has 0 aliphatic carbocycles. The van der Waals surface area contributed by atoms with Crippen LogP contribution in [0.15, 0.2) is 71.1 Å². The molecule has 0 aliphatic heterocycles. The van der Waals surface area contributed by atoms with Crippen molar-refractivity contribution in [3.8, 4) is 5.75 Å². The van der Waals surface area contributed by atoms with Crippen LogP contribution in [0.2, 0.25) is 0 Å². The molecule has 0 spiro atoms. The largest absolute Gasteiger partial charge is 0.435 e. The summed E-state index contributed by atoms with van der Waals surface area (Å²) in [6, 6.07) is 12.6. The van der Waals surface area contributed by atoms with Gasteiger partial charge < -0.3 is 10.1 Å². The van der Waals surface area contributed by atoms with E-state index in [1.165, 1.54) is 28.8 Å². The van der Waals surface area contributed by atoms with Gasteiger partial charge in [-0.3, -0.25) is 14.2 Å². The highest BCUT2D eigenvalue weighted by molar-refractivity contribution is 7.99. The first kappa shape index (κ1) is 20.5. The maximum absolute atomic E-state index is 12.7. The van der Waals surface area contributed by atoms with E-state index in [0.717, 1.165) is 11.8 Å². The van der Waals surface area contributed by atoms with Crippen LogP contribution in [0.25, 0.3) is 10.9 Å². The zero-order valence-electron chi connectivity index (χ0n) is 15.2. The second kappa shape index (κ2) is 9.33. The number of alkyl halides is 2. The fourth-order valence-corrected chi connectivity index (χ4v) is 3.40. The Bertz CT molecular complexity index is 1080. The van der Waals surface area contributed by atoms with Gasteiger partial charge in [0.1, 0.15) is 5.75 Å². The van der Waals surface area contributed by atoms with Gasteiger partial charge in [-0.15, -0.1) is 6.58 Å². The Hall–Kier alpha value is -3.20. The second-order valence-electron chi connectivity index (χ2n) is 5.86. The van der Waals surface area contributed by atoms with Gasteiger partial charge in [0.15, 0.2) is 5.16 Å². The van der Waals surface area contributed by atoms with E-state index in [4.69, 9.17) is 0 Å². The Morgan fingerprint density at radius 3 is 2.66 bits per heavy atom. The molecule has 9 heteroatoms. The van der Waals surface area contributed by atoms with Crippen LogP contribution in [-0.2, 0) is 11.3 Å². The number of ether oxygens (including phenoxy) is 1. The monoisotopic (exact) mass is 417 g/mol. The normalized spacial score (nSPS) is 10.9. The predicted octanol–water partition coefficient (Wildman–Crippen LogP) is 3.91. The van der Waals surface area contributed by atoms with Gasteiger partial charge >= 0.3 is 6.61 Å². The minimum absolute atomic E-state index is 0.00109. The molecule has 29 heavy (non-hydrogen) atoms. The molecule has 1 N–H and O–H groups in total. The van der Waals surface area contributed by atoms with Crippen molar-refractivity contribution in [3.63, 3.8) is 0 Å². The number of para-hydroxylation sites is 1. The maximum atomic E-state index is 12.7. The standard InChI is InChI=1S/C20H17F2N3O3S/c1-2-11-25-18(27)15-5-3-4-6-16(15)24-20(25)29-12-17(26)23-13-7-9-14(10-8-13)28-19(21)22/h2-10,19H,1,11-12H2,(H,23,26). The van der Waals surface area contributed by atoms with Gasteiger partial charge in [-0.25, -0.2) is 4.98 Å². The molecule has 0 radical (unpaired) electrons. The van der Waals surface area contributed by atoms with Gasteiger partial charge in [0.2, 0.25) is 5.91 Å². The van der Waals surface area contributed by atoms with Crippen LogP contribution in [0.3, 0.4) is 0 Å². The van der Waals surface area contributed by atoms with E-state index >= 15 is 0 Å². The van der Waals surface area contributed by atoms with E-state index < -0.39 is 6.61 Å². The molecular formula is C20H17F2N3O3S. The van der Waals surface area contributed by atoms with Gasteiger partial charge in [0.25, 0.3) is 5.56 Å². The topological polar surface area (TPSA) is 73.2 Å². The zero-order chi connectivity index (χ0) is 20.8. The number of benzene rings is 2. The number of nitrogens with one attached hydrogen (secondary N) is 1. The Kier molecular flexibility index (Phi) is 6.61. The summed E-state index contributed by atoms with van der Waals surface area (Å²) in [7, 11) is 0. The Morgan fingerprint density at radius 2 is 1.97 bits per heavy atom. The first-order valence-electron chi connectivity index (χ1n) is 8.56. The van der Waals surface area contributed by atoms with Gasteiger partial charge in [0, 0.05) is 12.2 Å². The van der Waals surface area contributed by atoms with Gasteiger partial charge in [-0.1, -0.05) is 30.0 Å². The lowest BCUT2D eigenvalue weighted by Crippen LogP contribution is -2.23. The number of allylic oxidation sites excluding steroid dienone is 1. The lowest BCUT2D eigenvalue weighted by molar-refractivity contribution is -0.113. The summed E-state index contributed by atoms with van der Waals surface area (Å²) in [6.07, 6.45) is 1.59. The predicted molar refractivity (Wildman–Crippen MR) is 109 cm³/mol. The van der Waals surface area contributed by atoms with Crippen LogP contribution in [0.5, 0.6) is 5.75 Å². The summed E-state index contributed by atoms with van der Waals surface area (Å²) < 4.78 is 30.1. The van der Waals surface area contributed by atoms with Gasteiger partial charge in [-0.2, -0.15) is 8.78 Å². The van der Waals surface area contributed by atoms with Crippen LogP contribution in [0, 0.1) is 0 Å². The highest BCUT2D eigenvalue weighted by Gasteiger charge is 2.13. The van der Waals surface area contributed by atoms with Crippen molar-refractivity contribution in [1.82, 2.24) is 9.55 Å². The highest BCUT2D eigenvalue weighted by atomic mass is 32.2. The highest BCUT2D eigenvalue weighted by Crippen LogP contribution is 2.20. The van der Waals surface area contributed by atoms with Crippen molar-refractivity contribution in [2.75, 3.05) is 11.1 Å². The second-order valence-corrected chi connectivity index (χ2v) is 6.80. The van der Waals surface area contributed by atoms with Crippen molar-refractivity contribution >= 4 is 34.3 Å². The lowest BCUT2D eigenvalue weighted by atomic mass is 10.2.